The number of aromatic nitrogens is 1. The topological polar surface area (TPSA) is 30.0 Å². The van der Waals surface area contributed by atoms with Crippen molar-refractivity contribution in [1.29, 1.82) is 0 Å². The van der Waals surface area contributed by atoms with Gasteiger partial charge in [-0.25, -0.2) is 9.37 Å². The van der Waals surface area contributed by atoms with Crippen LogP contribution in [0.5, 0.6) is 0 Å². The van der Waals surface area contributed by atoms with Gasteiger partial charge in [0.2, 0.25) is 0 Å². The number of benzene rings is 1. The second kappa shape index (κ2) is 4.93. The number of carbonyl (C=O) groups excluding carboxylic acids is 1. The second-order valence-corrected chi connectivity index (χ2v) is 5.06. The summed E-state index contributed by atoms with van der Waals surface area (Å²) < 4.78 is 14.2. The average molecular weight is 255 g/mol. The standard InChI is InChI=1S/C11H10FNOS2/c12-7-3-1-4-8-11(7)13-9(16-8)5-2-6-10(14)15/h1,3-4H,2,5-6H2,(H,14,15). The largest absolute Gasteiger partial charge is 0.288 e. The van der Waals surface area contributed by atoms with E-state index < -0.39 is 0 Å². The van der Waals surface area contributed by atoms with E-state index in [4.69, 9.17) is 0 Å². The number of carbonyl (C=O) groups is 1. The molecule has 0 aliphatic carbocycles. The second-order valence-electron chi connectivity index (χ2n) is 3.44. The van der Waals surface area contributed by atoms with Crippen molar-refractivity contribution in [3.05, 3.63) is 29.0 Å². The van der Waals surface area contributed by atoms with E-state index in [9.17, 15) is 9.18 Å². The molecule has 84 valence electrons. The molecule has 1 aromatic heterocycles. The van der Waals surface area contributed by atoms with Crippen molar-refractivity contribution < 1.29 is 9.18 Å². The van der Waals surface area contributed by atoms with Gasteiger partial charge in [0, 0.05) is 6.42 Å². The normalized spacial score (nSPS) is 10.9. The molecule has 0 amide bonds. The molecule has 0 saturated heterocycles. The van der Waals surface area contributed by atoms with Crippen LogP contribution in [0.1, 0.15) is 17.8 Å². The molecule has 0 aliphatic rings. The lowest BCUT2D eigenvalue weighted by atomic mass is 10.2. The first kappa shape index (κ1) is 11.5. The third-order valence-corrected chi connectivity index (χ3v) is 3.50. The van der Waals surface area contributed by atoms with Gasteiger partial charge >= 0.3 is 0 Å². The van der Waals surface area contributed by atoms with Crippen LogP contribution in [-0.4, -0.2) is 10.1 Å². The van der Waals surface area contributed by atoms with Gasteiger partial charge in [-0.15, -0.1) is 24.0 Å². The van der Waals surface area contributed by atoms with Gasteiger partial charge in [0.05, 0.1) is 9.71 Å². The van der Waals surface area contributed by atoms with E-state index in [0.29, 0.717) is 24.8 Å². The van der Waals surface area contributed by atoms with Gasteiger partial charge in [-0.05, 0) is 25.0 Å². The molecule has 2 rings (SSSR count). The Bertz CT molecular complexity index is 524. The van der Waals surface area contributed by atoms with Crippen molar-refractivity contribution in [3.63, 3.8) is 0 Å². The van der Waals surface area contributed by atoms with Crippen LogP contribution in [0.25, 0.3) is 10.2 Å². The number of aryl methyl sites for hydroxylation is 1. The van der Waals surface area contributed by atoms with E-state index in [-0.39, 0.29) is 10.9 Å². The lowest BCUT2D eigenvalue weighted by Crippen LogP contribution is -1.89. The summed E-state index contributed by atoms with van der Waals surface area (Å²) in [7, 11) is 0. The summed E-state index contributed by atoms with van der Waals surface area (Å²) in [5, 5.41) is 0.752. The Morgan fingerprint density at radius 2 is 2.31 bits per heavy atom. The molecule has 0 radical (unpaired) electrons. The third-order valence-electron chi connectivity index (χ3n) is 2.20. The summed E-state index contributed by atoms with van der Waals surface area (Å²) >= 11 is 5.17. The zero-order chi connectivity index (χ0) is 11.5. The number of hydrogen-bond acceptors (Lipinski definition) is 3. The van der Waals surface area contributed by atoms with Gasteiger partial charge in [-0.3, -0.25) is 4.79 Å². The van der Waals surface area contributed by atoms with E-state index in [1.807, 2.05) is 6.07 Å². The number of rotatable bonds is 4. The summed E-state index contributed by atoms with van der Waals surface area (Å²) in [6.45, 7) is 0. The van der Waals surface area contributed by atoms with Crippen LogP contribution < -0.4 is 0 Å². The maximum atomic E-state index is 13.3. The molecule has 0 aliphatic heterocycles. The van der Waals surface area contributed by atoms with Crippen LogP contribution in [-0.2, 0) is 11.2 Å². The van der Waals surface area contributed by atoms with Crippen molar-refractivity contribution in [2.75, 3.05) is 0 Å². The lowest BCUT2D eigenvalue weighted by molar-refractivity contribution is -0.110. The van der Waals surface area contributed by atoms with Crippen molar-refractivity contribution >= 4 is 39.3 Å². The van der Waals surface area contributed by atoms with E-state index in [1.54, 1.807) is 6.07 Å². The predicted molar refractivity (Wildman–Crippen MR) is 66.5 cm³/mol. The Balaban J connectivity index is 2.14. The third kappa shape index (κ3) is 2.59. The molecule has 1 heterocycles. The fourth-order valence-corrected chi connectivity index (χ4v) is 2.64. The molecule has 2 aromatic rings. The predicted octanol–water partition coefficient (Wildman–Crippen LogP) is 3.21. The monoisotopic (exact) mass is 255 g/mol. The van der Waals surface area contributed by atoms with Gasteiger partial charge in [-0.1, -0.05) is 6.07 Å². The quantitative estimate of drug-likeness (QED) is 0.850. The SMILES string of the molecule is O=C(S)CCCc1nc2c(F)cccc2s1. The van der Waals surface area contributed by atoms with Crippen molar-refractivity contribution in [1.82, 2.24) is 4.98 Å². The number of halogens is 1. The Kier molecular flexibility index (Phi) is 3.56. The smallest absolute Gasteiger partial charge is 0.185 e. The molecule has 1 aromatic carbocycles. The molecule has 2 nitrogen and oxygen atoms in total. The van der Waals surface area contributed by atoms with Crippen LogP contribution >= 0.6 is 24.0 Å². The van der Waals surface area contributed by atoms with Crippen LogP contribution in [0, 0.1) is 5.82 Å². The highest BCUT2D eigenvalue weighted by Crippen LogP contribution is 2.25. The van der Waals surface area contributed by atoms with Crippen molar-refractivity contribution in [2.24, 2.45) is 0 Å². The Morgan fingerprint density at radius 1 is 1.50 bits per heavy atom. The Morgan fingerprint density at radius 3 is 3.00 bits per heavy atom. The Hall–Kier alpha value is -0.940. The van der Waals surface area contributed by atoms with Crippen molar-refractivity contribution in [3.8, 4) is 0 Å². The molecular weight excluding hydrogens is 245 g/mol. The van der Waals surface area contributed by atoms with Gasteiger partial charge in [-0.2, -0.15) is 0 Å². The zero-order valence-corrected chi connectivity index (χ0v) is 10.2. The van der Waals surface area contributed by atoms with Crippen LogP contribution in [0.15, 0.2) is 18.2 Å². The first-order chi connectivity index (χ1) is 7.66. The molecule has 0 N–H and O–H groups in total. The average Bonchev–Trinajstić information content (AvgIpc) is 2.61. The number of nitrogens with zero attached hydrogens (tertiary/aromatic N) is 1. The van der Waals surface area contributed by atoms with Gasteiger partial charge in [0.1, 0.15) is 11.3 Å². The summed E-state index contributed by atoms with van der Waals surface area (Å²) in [6.07, 6.45) is 1.84. The van der Waals surface area contributed by atoms with Gasteiger partial charge in [0.25, 0.3) is 0 Å². The first-order valence-electron chi connectivity index (χ1n) is 4.92. The summed E-state index contributed by atoms with van der Waals surface area (Å²) in [6, 6.07) is 4.93. The summed E-state index contributed by atoms with van der Waals surface area (Å²) in [4.78, 5) is 14.9. The highest BCUT2D eigenvalue weighted by molar-refractivity contribution is 7.96. The van der Waals surface area contributed by atoms with Gasteiger partial charge < -0.3 is 0 Å². The minimum atomic E-state index is -0.287. The molecule has 5 heteroatoms. The fourth-order valence-electron chi connectivity index (χ4n) is 1.46. The number of para-hydroxylation sites is 1. The molecular formula is C11H10FNOS2. The number of thiazole rings is 1. The molecule has 0 bridgehead atoms. The van der Waals surface area contributed by atoms with E-state index in [2.05, 4.69) is 17.6 Å². The fraction of sp³-hybridized carbons (Fsp3) is 0.273. The molecule has 0 atom stereocenters. The first-order valence-corrected chi connectivity index (χ1v) is 6.19. The minimum Gasteiger partial charge on any atom is -0.288 e. The van der Waals surface area contributed by atoms with Gasteiger partial charge in [0.15, 0.2) is 5.12 Å². The maximum absolute atomic E-state index is 13.3. The minimum absolute atomic E-state index is 0.118. The number of thiol groups is 1. The molecule has 0 saturated carbocycles. The molecule has 0 unspecified atom stereocenters. The summed E-state index contributed by atoms with van der Waals surface area (Å²) in [5.41, 5.74) is 0.430. The van der Waals surface area contributed by atoms with Crippen molar-refractivity contribution in [2.45, 2.75) is 19.3 Å². The van der Waals surface area contributed by atoms with E-state index in [1.165, 1.54) is 17.4 Å². The van der Waals surface area contributed by atoms with Crippen LogP contribution in [0.2, 0.25) is 0 Å². The van der Waals surface area contributed by atoms with Crippen LogP contribution in [0.3, 0.4) is 0 Å². The lowest BCUT2D eigenvalue weighted by Gasteiger charge is -1.92. The highest BCUT2D eigenvalue weighted by atomic mass is 32.1. The molecule has 0 spiro atoms. The Labute approximate surface area is 102 Å². The molecule has 16 heavy (non-hydrogen) atoms. The van der Waals surface area contributed by atoms with E-state index >= 15 is 0 Å². The maximum Gasteiger partial charge on any atom is 0.185 e. The summed E-state index contributed by atoms with van der Waals surface area (Å²) in [5.74, 6) is -0.287. The van der Waals surface area contributed by atoms with Crippen LogP contribution in [0.4, 0.5) is 4.39 Å². The van der Waals surface area contributed by atoms with E-state index in [0.717, 1.165) is 9.71 Å². The highest BCUT2D eigenvalue weighted by Gasteiger charge is 2.07. The number of hydrogen-bond donors (Lipinski definition) is 1. The zero-order valence-electron chi connectivity index (χ0n) is 8.44. The number of fused-ring (bicyclic) bond motifs is 1. The molecule has 0 fully saturated rings.